The number of H-pyrrole nitrogens is 1. The van der Waals surface area contributed by atoms with Gasteiger partial charge in [0.15, 0.2) is 10.8 Å². The predicted molar refractivity (Wildman–Crippen MR) is 110 cm³/mol. The molecule has 4 rings (SSSR count). The number of carbonyl (C=O) groups excluding carboxylic acids is 1. The number of nitrogens with one attached hydrogen (secondary N) is 2. The number of fused-ring (bicyclic) bond motifs is 1. The van der Waals surface area contributed by atoms with Crippen molar-refractivity contribution in [1.29, 1.82) is 0 Å². The van der Waals surface area contributed by atoms with E-state index >= 15 is 0 Å². The number of hydrogen-bond acceptors (Lipinski definition) is 5. The lowest BCUT2D eigenvalue weighted by molar-refractivity contribution is -0.115. The summed E-state index contributed by atoms with van der Waals surface area (Å²) in [5.74, 6) is -0.919. The maximum atomic E-state index is 13.7. The Morgan fingerprint density at radius 2 is 1.90 bits per heavy atom. The fourth-order valence-corrected chi connectivity index (χ4v) is 3.52. The number of halogens is 1. The van der Waals surface area contributed by atoms with E-state index < -0.39 is 17.0 Å². The molecule has 1 unspecified atom stereocenters. The molecule has 9 heteroatoms. The third-order valence-corrected chi connectivity index (χ3v) is 5.19. The highest BCUT2D eigenvalue weighted by Gasteiger charge is 2.19. The first-order valence-electron chi connectivity index (χ1n) is 8.78. The van der Waals surface area contributed by atoms with Gasteiger partial charge in [-0.3, -0.25) is 9.59 Å². The van der Waals surface area contributed by atoms with Crippen LogP contribution in [0.5, 0.6) is 0 Å². The first-order chi connectivity index (χ1) is 14.0. The number of nitrogens with zero attached hydrogens (tertiary/aromatic N) is 3. The lowest BCUT2D eigenvalue weighted by atomic mass is 10.3. The van der Waals surface area contributed by atoms with Crippen LogP contribution in [0.1, 0.15) is 6.92 Å². The smallest absolute Gasteiger partial charge is 0.262 e. The van der Waals surface area contributed by atoms with E-state index in [-0.39, 0.29) is 16.4 Å². The van der Waals surface area contributed by atoms with Crippen LogP contribution in [0.25, 0.3) is 16.7 Å². The molecule has 2 N–H and O–H groups in total. The zero-order chi connectivity index (χ0) is 20.4. The van der Waals surface area contributed by atoms with Crippen molar-refractivity contribution < 1.29 is 9.18 Å². The summed E-state index contributed by atoms with van der Waals surface area (Å²) in [5, 5.41) is 6.79. The third-order valence-electron chi connectivity index (χ3n) is 4.21. The average Bonchev–Trinajstić information content (AvgIpc) is 3.15. The second-order valence-electron chi connectivity index (χ2n) is 6.23. The Morgan fingerprint density at radius 1 is 1.17 bits per heavy atom. The molecule has 0 aliphatic carbocycles. The van der Waals surface area contributed by atoms with Crippen molar-refractivity contribution in [2.75, 3.05) is 5.32 Å². The first kappa shape index (κ1) is 18.9. The van der Waals surface area contributed by atoms with Gasteiger partial charge >= 0.3 is 0 Å². The van der Waals surface area contributed by atoms with Gasteiger partial charge in [-0.1, -0.05) is 42.1 Å². The molecule has 0 radical (unpaired) electrons. The molecule has 0 saturated heterocycles. The Labute approximate surface area is 169 Å². The summed E-state index contributed by atoms with van der Waals surface area (Å²) < 4.78 is 15.3. The van der Waals surface area contributed by atoms with Gasteiger partial charge in [-0.2, -0.15) is 5.10 Å². The molecule has 29 heavy (non-hydrogen) atoms. The number of rotatable bonds is 5. The Kier molecular flexibility index (Phi) is 5.13. The molecule has 146 valence electrons. The Bertz CT molecular complexity index is 1240. The summed E-state index contributed by atoms with van der Waals surface area (Å²) in [5.41, 5.74) is 0.913. The van der Waals surface area contributed by atoms with E-state index in [1.54, 1.807) is 23.7 Å². The first-order valence-corrected chi connectivity index (χ1v) is 9.66. The zero-order valence-corrected chi connectivity index (χ0v) is 16.1. The van der Waals surface area contributed by atoms with Crippen LogP contribution < -0.4 is 10.9 Å². The minimum absolute atomic E-state index is 0.101. The number of aromatic nitrogens is 4. The van der Waals surface area contributed by atoms with Crippen LogP contribution in [0.15, 0.2) is 70.7 Å². The molecule has 0 bridgehead atoms. The van der Waals surface area contributed by atoms with Gasteiger partial charge in [0.1, 0.15) is 11.2 Å². The van der Waals surface area contributed by atoms with Crippen LogP contribution in [-0.4, -0.2) is 30.9 Å². The van der Waals surface area contributed by atoms with E-state index in [4.69, 9.17) is 0 Å². The normalized spacial score (nSPS) is 12.1. The lowest BCUT2D eigenvalue weighted by Crippen LogP contribution is -2.23. The number of thioether (sulfide) groups is 1. The van der Waals surface area contributed by atoms with Crippen molar-refractivity contribution >= 4 is 34.4 Å². The largest absolute Gasteiger partial charge is 0.323 e. The Morgan fingerprint density at radius 3 is 2.66 bits per heavy atom. The number of aromatic amines is 1. The minimum atomic E-state index is -0.622. The molecule has 2 aromatic heterocycles. The standard InChI is InChI=1S/C20H16FN5O2S/c1-12(18(27)23-16-10-6-5-9-15(16)21)29-20-24-17-14(19(28)25-20)11-22-26(17)13-7-3-2-4-8-13/h2-12H,1H3,(H,23,27)(H,24,25,28). The maximum absolute atomic E-state index is 13.7. The molecule has 1 amide bonds. The van der Waals surface area contributed by atoms with E-state index in [1.165, 1.54) is 18.3 Å². The second-order valence-corrected chi connectivity index (χ2v) is 7.56. The SMILES string of the molecule is CC(Sc1nc2c(cnn2-c2ccccc2)c(=O)[nH]1)C(=O)Nc1ccccc1F. The van der Waals surface area contributed by atoms with Crippen LogP contribution in [0.4, 0.5) is 10.1 Å². The van der Waals surface area contributed by atoms with E-state index in [9.17, 15) is 14.0 Å². The molecule has 2 aromatic carbocycles. The summed E-state index contributed by atoms with van der Waals surface area (Å²) >= 11 is 1.07. The van der Waals surface area contributed by atoms with Crippen molar-refractivity contribution in [3.05, 3.63) is 77.0 Å². The van der Waals surface area contributed by atoms with Gasteiger partial charge in [-0.25, -0.2) is 14.1 Å². The maximum Gasteiger partial charge on any atom is 0.262 e. The summed E-state index contributed by atoms with van der Waals surface area (Å²) in [6.07, 6.45) is 1.46. The van der Waals surface area contributed by atoms with Gasteiger partial charge < -0.3 is 10.3 Å². The van der Waals surface area contributed by atoms with Crippen molar-refractivity contribution in [2.24, 2.45) is 0 Å². The van der Waals surface area contributed by atoms with Crippen molar-refractivity contribution in [1.82, 2.24) is 19.7 Å². The molecule has 2 heterocycles. The number of amides is 1. The van der Waals surface area contributed by atoms with Gasteiger partial charge in [-0.15, -0.1) is 0 Å². The zero-order valence-electron chi connectivity index (χ0n) is 15.3. The van der Waals surface area contributed by atoms with Crippen LogP contribution >= 0.6 is 11.8 Å². The van der Waals surface area contributed by atoms with Crippen molar-refractivity contribution in [2.45, 2.75) is 17.3 Å². The molecule has 0 aliphatic rings. The Hall–Kier alpha value is -3.46. The molecular weight excluding hydrogens is 393 g/mol. The van der Waals surface area contributed by atoms with Crippen LogP contribution in [0.3, 0.4) is 0 Å². The van der Waals surface area contributed by atoms with Gasteiger partial charge in [-0.05, 0) is 31.2 Å². The second kappa shape index (κ2) is 7.88. The highest BCUT2D eigenvalue weighted by atomic mass is 32.2. The monoisotopic (exact) mass is 409 g/mol. The minimum Gasteiger partial charge on any atom is -0.323 e. The molecule has 0 aliphatic heterocycles. The fourth-order valence-electron chi connectivity index (χ4n) is 2.73. The van der Waals surface area contributed by atoms with Crippen molar-refractivity contribution in [3.63, 3.8) is 0 Å². The van der Waals surface area contributed by atoms with Crippen LogP contribution in [0.2, 0.25) is 0 Å². The topological polar surface area (TPSA) is 92.7 Å². The van der Waals surface area contributed by atoms with Gasteiger partial charge in [0.05, 0.1) is 22.8 Å². The molecule has 4 aromatic rings. The summed E-state index contributed by atoms with van der Waals surface area (Å²) in [6.45, 7) is 1.65. The number of anilines is 1. The number of benzene rings is 2. The van der Waals surface area contributed by atoms with Crippen molar-refractivity contribution in [3.8, 4) is 5.69 Å². The fraction of sp³-hybridized carbons (Fsp3) is 0.100. The van der Waals surface area contributed by atoms with Crippen LogP contribution in [-0.2, 0) is 4.79 Å². The van der Waals surface area contributed by atoms with E-state index in [0.29, 0.717) is 11.0 Å². The summed E-state index contributed by atoms with van der Waals surface area (Å²) in [6, 6.07) is 15.2. The Balaban J connectivity index is 1.60. The average molecular weight is 409 g/mol. The molecule has 0 spiro atoms. The quantitative estimate of drug-likeness (QED) is 0.389. The summed E-state index contributed by atoms with van der Waals surface area (Å²) in [7, 11) is 0. The van der Waals surface area contributed by atoms with Gasteiger partial charge in [0.25, 0.3) is 5.56 Å². The third kappa shape index (κ3) is 3.90. The number of hydrogen-bond donors (Lipinski definition) is 2. The highest BCUT2D eigenvalue weighted by Crippen LogP contribution is 2.23. The molecule has 0 fully saturated rings. The predicted octanol–water partition coefficient (Wildman–Crippen LogP) is 3.37. The number of para-hydroxylation sites is 2. The summed E-state index contributed by atoms with van der Waals surface area (Å²) in [4.78, 5) is 32.0. The van der Waals surface area contributed by atoms with Gasteiger partial charge in [0.2, 0.25) is 5.91 Å². The molecule has 1 atom stereocenters. The highest BCUT2D eigenvalue weighted by molar-refractivity contribution is 8.00. The molecule has 0 saturated carbocycles. The van der Waals surface area contributed by atoms with E-state index in [0.717, 1.165) is 17.4 Å². The number of carbonyl (C=O) groups is 1. The molecule has 7 nitrogen and oxygen atoms in total. The van der Waals surface area contributed by atoms with E-state index in [2.05, 4.69) is 20.4 Å². The molecular formula is C20H16FN5O2S. The van der Waals surface area contributed by atoms with Gasteiger partial charge in [0, 0.05) is 0 Å². The van der Waals surface area contributed by atoms with Crippen LogP contribution in [0, 0.1) is 5.82 Å². The lowest BCUT2D eigenvalue weighted by Gasteiger charge is -2.12. The van der Waals surface area contributed by atoms with E-state index in [1.807, 2.05) is 30.3 Å².